The molecule has 1 N–H and O–H groups in total. The Labute approximate surface area is 142 Å². The molecule has 0 spiro atoms. The number of aryl methyl sites for hydroxylation is 3. The monoisotopic (exact) mass is 328 g/mol. The smallest absolute Gasteiger partial charge is 0.325 e. The molecule has 2 aromatic rings. The van der Waals surface area contributed by atoms with Gasteiger partial charge in [0.1, 0.15) is 5.76 Å². The van der Waals surface area contributed by atoms with Crippen molar-refractivity contribution in [2.24, 2.45) is 0 Å². The summed E-state index contributed by atoms with van der Waals surface area (Å²) in [6.07, 6.45) is 0. The summed E-state index contributed by atoms with van der Waals surface area (Å²) >= 11 is 0. The zero-order chi connectivity index (χ0) is 17.3. The van der Waals surface area contributed by atoms with Gasteiger partial charge in [0.15, 0.2) is 0 Å². The summed E-state index contributed by atoms with van der Waals surface area (Å²) in [4.78, 5) is 20.7. The standard InChI is InChI=1S/C18H24N4O2/c1-12-6-5-7-16(13(12)2)21-8-10-22(11-9-21)18(23)20-17-19-14(3)15(4)24-17/h5-7H,8-11H2,1-4H3,(H,19,20,23). The molecule has 1 aromatic carbocycles. The normalized spacial score (nSPS) is 14.8. The van der Waals surface area contributed by atoms with Crippen molar-refractivity contribution in [2.45, 2.75) is 27.7 Å². The Morgan fingerprint density at radius 1 is 1.12 bits per heavy atom. The Morgan fingerprint density at radius 3 is 2.46 bits per heavy atom. The van der Waals surface area contributed by atoms with Crippen LogP contribution in [0.5, 0.6) is 0 Å². The number of carbonyl (C=O) groups is 1. The number of benzene rings is 1. The molecule has 24 heavy (non-hydrogen) atoms. The summed E-state index contributed by atoms with van der Waals surface area (Å²) in [6.45, 7) is 11.0. The van der Waals surface area contributed by atoms with Crippen LogP contribution in [0.3, 0.4) is 0 Å². The van der Waals surface area contributed by atoms with Gasteiger partial charge in [-0.05, 0) is 44.9 Å². The van der Waals surface area contributed by atoms with Crippen LogP contribution in [0.15, 0.2) is 22.6 Å². The van der Waals surface area contributed by atoms with E-state index >= 15 is 0 Å². The van der Waals surface area contributed by atoms with Gasteiger partial charge in [-0.15, -0.1) is 0 Å². The molecule has 1 aliphatic rings. The highest BCUT2D eigenvalue weighted by Gasteiger charge is 2.23. The molecule has 1 aliphatic heterocycles. The number of nitrogens with one attached hydrogen (secondary N) is 1. The zero-order valence-corrected chi connectivity index (χ0v) is 14.7. The maximum absolute atomic E-state index is 12.3. The molecule has 0 atom stereocenters. The lowest BCUT2D eigenvalue weighted by molar-refractivity contribution is 0.207. The zero-order valence-electron chi connectivity index (χ0n) is 14.7. The van der Waals surface area contributed by atoms with Crippen LogP contribution in [-0.4, -0.2) is 42.1 Å². The van der Waals surface area contributed by atoms with E-state index in [1.54, 1.807) is 4.90 Å². The van der Waals surface area contributed by atoms with E-state index in [0.717, 1.165) is 24.5 Å². The number of anilines is 2. The number of amides is 2. The van der Waals surface area contributed by atoms with Crippen LogP contribution in [0.25, 0.3) is 0 Å². The number of piperazine rings is 1. The largest absolute Gasteiger partial charge is 0.428 e. The van der Waals surface area contributed by atoms with Gasteiger partial charge >= 0.3 is 12.0 Å². The first-order valence-corrected chi connectivity index (χ1v) is 8.27. The average molecular weight is 328 g/mol. The molecular weight excluding hydrogens is 304 g/mol. The number of hydrogen-bond acceptors (Lipinski definition) is 4. The Balaban J connectivity index is 1.60. The molecule has 0 aliphatic carbocycles. The highest BCUT2D eigenvalue weighted by Crippen LogP contribution is 2.24. The van der Waals surface area contributed by atoms with Crippen molar-refractivity contribution in [3.8, 4) is 0 Å². The van der Waals surface area contributed by atoms with Gasteiger partial charge in [-0.3, -0.25) is 5.32 Å². The predicted molar refractivity (Wildman–Crippen MR) is 94.7 cm³/mol. The molecule has 6 heteroatoms. The molecule has 6 nitrogen and oxygen atoms in total. The molecule has 0 unspecified atom stereocenters. The van der Waals surface area contributed by atoms with Gasteiger partial charge in [0, 0.05) is 31.9 Å². The fourth-order valence-corrected chi connectivity index (χ4v) is 2.93. The van der Waals surface area contributed by atoms with E-state index in [0.29, 0.717) is 13.1 Å². The first-order chi connectivity index (χ1) is 11.5. The number of hydrogen-bond donors (Lipinski definition) is 1. The van der Waals surface area contributed by atoms with E-state index in [1.807, 2.05) is 13.8 Å². The fourth-order valence-electron chi connectivity index (χ4n) is 2.93. The molecule has 1 aromatic heterocycles. The molecule has 0 bridgehead atoms. The van der Waals surface area contributed by atoms with Crippen LogP contribution < -0.4 is 10.2 Å². The van der Waals surface area contributed by atoms with Crippen LogP contribution in [-0.2, 0) is 0 Å². The topological polar surface area (TPSA) is 61.6 Å². The molecule has 3 rings (SSSR count). The van der Waals surface area contributed by atoms with Gasteiger partial charge in [-0.2, -0.15) is 4.98 Å². The molecule has 0 saturated carbocycles. The number of aromatic nitrogens is 1. The summed E-state index contributed by atoms with van der Waals surface area (Å²) in [5, 5.41) is 2.74. The molecule has 1 saturated heterocycles. The van der Waals surface area contributed by atoms with Gasteiger partial charge in [0.05, 0.1) is 5.69 Å². The third-order valence-corrected chi connectivity index (χ3v) is 4.73. The number of rotatable bonds is 2. The maximum Gasteiger partial charge on any atom is 0.325 e. The van der Waals surface area contributed by atoms with E-state index in [-0.39, 0.29) is 12.0 Å². The van der Waals surface area contributed by atoms with E-state index in [2.05, 4.69) is 47.2 Å². The molecule has 2 amide bonds. The van der Waals surface area contributed by atoms with Crippen LogP contribution in [0.2, 0.25) is 0 Å². The molecular formula is C18H24N4O2. The van der Waals surface area contributed by atoms with Crippen molar-refractivity contribution >= 4 is 17.7 Å². The number of oxazole rings is 1. The van der Waals surface area contributed by atoms with Crippen molar-refractivity contribution in [2.75, 3.05) is 36.4 Å². The molecule has 0 radical (unpaired) electrons. The highest BCUT2D eigenvalue weighted by atomic mass is 16.4. The average Bonchev–Trinajstić information content (AvgIpc) is 2.88. The van der Waals surface area contributed by atoms with Crippen molar-refractivity contribution in [3.63, 3.8) is 0 Å². The predicted octanol–water partition coefficient (Wildman–Crippen LogP) is 3.26. The SMILES string of the molecule is Cc1cccc(N2CCN(C(=O)Nc3nc(C)c(C)o3)CC2)c1C. The first kappa shape index (κ1) is 16.4. The summed E-state index contributed by atoms with van der Waals surface area (Å²) in [7, 11) is 0. The van der Waals surface area contributed by atoms with E-state index in [9.17, 15) is 4.79 Å². The van der Waals surface area contributed by atoms with E-state index in [1.165, 1.54) is 16.8 Å². The summed E-state index contributed by atoms with van der Waals surface area (Å²) in [6, 6.07) is 6.48. The van der Waals surface area contributed by atoms with Gasteiger partial charge in [-0.25, -0.2) is 4.79 Å². The third kappa shape index (κ3) is 3.22. The second-order valence-electron chi connectivity index (χ2n) is 6.28. The molecule has 128 valence electrons. The Kier molecular flexibility index (Phi) is 4.46. The minimum Gasteiger partial charge on any atom is -0.428 e. The van der Waals surface area contributed by atoms with E-state index in [4.69, 9.17) is 4.42 Å². The third-order valence-electron chi connectivity index (χ3n) is 4.73. The lowest BCUT2D eigenvalue weighted by Crippen LogP contribution is -2.50. The van der Waals surface area contributed by atoms with E-state index < -0.39 is 0 Å². The highest BCUT2D eigenvalue weighted by molar-refractivity contribution is 5.87. The summed E-state index contributed by atoms with van der Waals surface area (Å²) in [5.41, 5.74) is 4.66. The second-order valence-corrected chi connectivity index (χ2v) is 6.28. The molecule has 1 fully saturated rings. The number of urea groups is 1. The van der Waals surface area contributed by atoms with Crippen LogP contribution >= 0.6 is 0 Å². The fraction of sp³-hybridized carbons (Fsp3) is 0.444. The van der Waals surface area contributed by atoms with Gasteiger partial charge in [0.2, 0.25) is 0 Å². The van der Waals surface area contributed by atoms with Crippen molar-refractivity contribution in [3.05, 3.63) is 40.8 Å². The Morgan fingerprint density at radius 2 is 1.83 bits per heavy atom. The van der Waals surface area contributed by atoms with Crippen LogP contribution in [0.4, 0.5) is 16.5 Å². The number of carbonyl (C=O) groups excluding carboxylic acids is 1. The van der Waals surface area contributed by atoms with Gasteiger partial charge in [-0.1, -0.05) is 12.1 Å². The summed E-state index contributed by atoms with van der Waals surface area (Å²) < 4.78 is 5.41. The van der Waals surface area contributed by atoms with Crippen LogP contribution in [0.1, 0.15) is 22.6 Å². The second kappa shape index (κ2) is 6.55. The molecule has 2 heterocycles. The first-order valence-electron chi connectivity index (χ1n) is 8.27. The van der Waals surface area contributed by atoms with Gasteiger partial charge in [0.25, 0.3) is 0 Å². The van der Waals surface area contributed by atoms with Crippen molar-refractivity contribution < 1.29 is 9.21 Å². The lowest BCUT2D eigenvalue weighted by atomic mass is 10.1. The quantitative estimate of drug-likeness (QED) is 0.919. The Bertz CT molecular complexity index is 726. The Hall–Kier alpha value is -2.50. The van der Waals surface area contributed by atoms with Crippen molar-refractivity contribution in [1.29, 1.82) is 0 Å². The lowest BCUT2D eigenvalue weighted by Gasteiger charge is -2.36. The number of nitrogens with zero attached hydrogens (tertiary/aromatic N) is 3. The minimum atomic E-state index is -0.156. The minimum absolute atomic E-state index is 0.156. The summed E-state index contributed by atoms with van der Waals surface area (Å²) in [5.74, 6) is 0.727. The van der Waals surface area contributed by atoms with Gasteiger partial charge < -0.3 is 14.2 Å². The van der Waals surface area contributed by atoms with Crippen molar-refractivity contribution in [1.82, 2.24) is 9.88 Å². The maximum atomic E-state index is 12.3. The van der Waals surface area contributed by atoms with Crippen LogP contribution in [0, 0.1) is 27.7 Å².